The van der Waals surface area contributed by atoms with Gasteiger partial charge >= 0.3 is 0 Å². The van der Waals surface area contributed by atoms with E-state index in [2.05, 4.69) is 34.0 Å². The van der Waals surface area contributed by atoms with E-state index in [1.807, 2.05) is 6.92 Å². The van der Waals surface area contributed by atoms with Gasteiger partial charge < -0.3 is 10.2 Å². The van der Waals surface area contributed by atoms with Gasteiger partial charge in [-0.1, -0.05) is 20.8 Å². The number of aryl methyl sites for hydroxylation is 1. The summed E-state index contributed by atoms with van der Waals surface area (Å²) in [6, 6.07) is 0. The van der Waals surface area contributed by atoms with Gasteiger partial charge in [0, 0.05) is 13.1 Å². The van der Waals surface area contributed by atoms with Crippen LogP contribution in [0, 0.1) is 17.7 Å². The Morgan fingerprint density at radius 1 is 1.33 bits per heavy atom. The molecule has 1 N–H and O–H groups in total. The van der Waals surface area contributed by atoms with Crippen LogP contribution in [0.4, 0.5) is 10.2 Å². The van der Waals surface area contributed by atoms with E-state index in [4.69, 9.17) is 0 Å². The molecule has 4 nitrogen and oxygen atoms in total. The molecule has 2 rings (SSSR count). The van der Waals surface area contributed by atoms with Crippen LogP contribution < -0.4 is 10.2 Å². The van der Waals surface area contributed by atoms with Crippen LogP contribution in [-0.4, -0.2) is 36.1 Å². The van der Waals surface area contributed by atoms with Gasteiger partial charge in [-0.25, -0.2) is 14.4 Å². The Hall–Kier alpha value is -1.23. The minimum absolute atomic E-state index is 0.239. The average molecular weight is 294 g/mol. The van der Waals surface area contributed by atoms with Crippen LogP contribution in [-0.2, 0) is 6.42 Å². The first-order valence-corrected chi connectivity index (χ1v) is 8.06. The SMILES string of the molecule is CCc1ncnc(N2CCC(CNCC(C)C)CC2)c1F. The molecule has 0 aliphatic carbocycles. The molecule has 1 saturated heterocycles. The molecule has 1 fully saturated rings. The minimum Gasteiger partial charge on any atom is -0.354 e. The third-order valence-corrected chi connectivity index (χ3v) is 4.08. The van der Waals surface area contributed by atoms with Crippen LogP contribution in [0.25, 0.3) is 0 Å². The molecule has 0 unspecified atom stereocenters. The zero-order valence-corrected chi connectivity index (χ0v) is 13.4. The molecule has 0 bridgehead atoms. The van der Waals surface area contributed by atoms with E-state index in [1.54, 1.807) is 0 Å². The molecule has 2 heterocycles. The quantitative estimate of drug-likeness (QED) is 0.875. The predicted molar refractivity (Wildman–Crippen MR) is 84.0 cm³/mol. The predicted octanol–water partition coefficient (Wildman–Crippen LogP) is 2.64. The van der Waals surface area contributed by atoms with Gasteiger partial charge in [0.05, 0.1) is 5.69 Å². The van der Waals surface area contributed by atoms with Gasteiger partial charge in [0.25, 0.3) is 0 Å². The first-order chi connectivity index (χ1) is 10.1. The van der Waals surface area contributed by atoms with Gasteiger partial charge in [0.2, 0.25) is 0 Å². The van der Waals surface area contributed by atoms with Crippen molar-refractivity contribution in [2.24, 2.45) is 11.8 Å². The number of aromatic nitrogens is 2. The Morgan fingerprint density at radius 2 is 2.05 bits per heavy atom. The number of rotatable bonds is 6. The van der Waals surface area contributed by atoms with Crippen molar-refractivity contribution in [2.45, 2.75) is 40.0 Å². The lowest BCUT2D eigenvalue weighted by atomic mass is 9.96. The molecule has 1 aliphatic rings. The van der Waals surface area contributed by atoms with Crippen molar-refractivity contribution in [3.63, 3.8) is 0 Å². The zero-order valence-electron chi connectivity index (χ0n) is 13.4. The summed E-state index contributed by atoms with van der Waals surface area (Å²) in [4.78, 5) is 10.2. The molecule has 118 valence electrons. The van der Waals surface area contributed by atoms with Crippen LogP contribution in [0.2, 0.25) is 0 Å². The summed E-state index contributed by atoms with van der Waals surface area (Å²) in [6.07, 6.45) is 4.27. The maximum absolute atomic E-state index is 14.3. The van der Waals surface area contributed by atoms with E-state index >= 15 is 0 Å². The topological polar surface area (TPSA) is 41.1 Å². The molecular weight excluding hydrogens is 267 g/mol. The number of hydrogen-bond acceptors (Lipinski definition) is 4. The van der Waals surface area contributed by atoms with Gasteiger partial charge in [-0.2, -0.15) is 0 Å². The first kappa shape index (κ1) is 16.1. The van der Waals surface area contributed by atoms with E-state index in [0.717, 1.165) is 39.0 Å². The van der Waals surface area contributed by atoms with E-state index in [-0.39, 0.29) is 5.82 Å². The summed E-state index contributed by atoms with van der Waals surface area (Å²) in [5.41, 5.74) is 0.515. The number of piperidine rings is 1. The highest BCUT2D eigenvalue weighted by atomic mass is 19.1. The fraction of sp³-hybridized carbons (Fsp3) is 0.750. The Balaban J connectivity index is 1.86. The Bertz CT molecular complexity index is 442. The molecule has 0 atom stereocenters. The number of nitrogens with one attached hydrogen (secondary N) is 1. The van der Waals surface area contributed by atoms with Crippen LogP contribution >= 0.6 is 0 Å². The second kappa shape index (κ2) is 7.69. The number of anilines is 1. The lowest BCUT2D eigenvalue weighted by Gasteiger charge is -2.33. The van der Waals surface area contributed by atoms with Crippen LogP contribution in [0.1, 0.15) is 39.3 Å². The third-order valence-electron chi connectivity index (χ3n) is 4.08. The van der Waals surface area contributed by atoms with E-state index < -0.39 is 0 Å². The summed E-state index contributed by atoms with van der Waals surface area (Å²) < 4.78 is 14.3. The molecule has 1 aliphatic heterocycles. The fourth-order valence-corrected chi connectivity index (χ4v) is 2.79. The average Bonchev–Trinajstić information content (AvgIpc) is 2.48. The molecule has 1 aromatic heterocycles. The highest BCUT2D eigenvalue weighted by molar-refractivity contribution is 5.41. The monoisotopic (exact) mass is 294 g/mol. The number of hydrogen-bond donors (Lipinski definition) is 1. The van der Waals surface area contributed by atoms with Crippen molar-refractivity contribution < 1.29 is 4.39 Å². The van der Waals surface area contributed by atoms with Crippen molar-refractivity contribution in [3.05, 3.63) is 17.8 Å². The van der Waals surface area contributed by atoms with Gasteiger partial charge in [-0.15, -0.1) is 0 Å². The number of nitrogens with zero attached hydrogens (tertiary/aromatic N) is 3. The largest absolute Gasteiger partial charge is 0.354 e. The molecular formula is C16H27FN4. The molecule has 0 aromatic carbocycles. The second-order valence-corrected chi connectivity index (χ2v) is 6.29. The van der Waals surface area contributed by atoms with Gasteiger partial charge in [-0.3, -0.25) is 0 Å². The molecule has 0 amide bonds. The normalized spacial score (nSPS) is 16.7. The van der Waals surface area contributed by atoms with Gasteiger partial charge in [0.1, 0.15) is 6.33 Å². The van der Waals surface area contributed by atoms with Crippen molar-refractivity contribution in [1.29, 1.82) is 0 Å². The molecule has 5 heteroatoms. The summed E-state index contributed by atoms with van der Waals surface area (Å²) in [5, 5.41) is 3.52. The number of halogens is 1. The molecule has 21 heavy (non-hydrogen) atoms. The maximum Gasteiger partial charge on any atom is 0.187 e. The Morgan fingerprint density at radius 3 is 2.67 bits per heavy atom. The second-order valence-electron chi connectivity index (χ2n) is 6.29. The lowest BCUT2D eigenvalue weighted by molar-refractivity contribution is 0.370. The van der Waals surface area contributed by atoms with Crippen molar-refractivity contribution in [2.75, 3.05) is 31.1 Å². The highest BCUT2D eigenvalue weighted by Crippen LogP contribution is 2.24. The van der Waals surface area contributed by atoms with Crippen molar-refractivity contribution in [3.8, 4) is 0 Å². The molecule has 0 spiro atoms. The van der Waals surface area contributed by atoms with E-state index in [9.17, 15) is 4.39 Å². The molecule has 0 radical (unpaired) electrons. The molecule has 0 saturated carbocycles. The standard InChI is InChI=1S/C16H27FN4/c1-4-14-15(17)16(20-11-19-14)21-7-5-13(6-8-21)10-18-9-12(2)3/h11-13,18H,4-10H2,1-3H3. The minimum atomic E-state index is -0.239. The highest BCUT2D eigenvalue weighted by Gasteiger charge is 2.23. The summed E-state index contributed by atoms with van der Waals surface area (Å²) in [6.45, 7) is 10.3. The Labute approximate surface area is 127 Å². The third kappa shape index (κ3) is 4.37. The van der Waals surface area contributed by atoms with Crippen LogP contribution in [0.5, 0.6) is 0 Å². The summed E-state index contributed by atoms with van der Waals surface area (Å²) in [5.74, 6) is 1.62. The first-order valence-electron chi connectivity index (χ1n) is 8.06. The fourth-order valence-electron chi connectivity index (χ4n) is 2.79. The molecule has 1 aromatic rings. The van der Waals surface area contributed by atoms with Gasteiger partial charge in [-0.05, 0) is 44.2 Å². The van der Waals surface area contributed by atoms with Gasteiger partial charge in [0.15, 0.2) is 11.6 Å². The maximum atomic E-state index is 14.3. The van der Waals surface area contributed by atoms with Crippen molar-refractivity contribution >= 4 is 5.82 Å². The summed E-state index contributed by atoms with van der Waals surface area (Å²) in [7, 11) is 0. The van der Waals surface area contributed by atoms with Crippen LogP contribution in [0.15, 0.2) is 6.33 Å². The lowest BCUT2D eigenvalue weighted by Crippen LogP contribution is -2.38. The van der Waals surface area contributed by atoms with E-state index in [0.29, 0.717) is 29.8 Å². The van der Waals surface area contributed by atoms with Crippen LogP contribution in [0.3, 0.4) is 0 Å². The van der Waals surface area contributed by atoms with Crippen molar-refractivity contribution in [1.82, 2.24) is 15.3 Å². The summed E-state index contributed by atoms with van der Waals surface area (Å²) >= 11 is 0. The zero-order chi connectivity index (χ0) is 15.2. The smallest absolute Gasteiger partial charge is 0.187 e. The Kier molecular flexibility index (Phi) is 5.91. The van der Waals surface area contributed by atoms with E-state index in [1.165, 1.54) is 6.33 Å².